The summed E-state index contributed by atoms with van der Waals surface area (Å²) in [4.78, 5) is 0. The zero-order valence-electron chi connectivity index (χ0n) is 6.45. The van der Waals surface area contributed by atoms with Gasteiger partial charge in [0.25, 0.3) is 0 Å². The Balaban J connectivity index is 3.40. The van der Waals surface area contributed by atoms with E-state index in [-0.39, 0.29) is 18.6 Å². The van der Waals surface area contributed by atoms with Gasteiger partial charge in [-0.3, -0.25) is 0 Å². The molecule has 0 aliphatic rings. The minimum absolute atomic E-state index is 0.131. The molecule has 0 amide bonds. The first-order valence-electron chi connectivity index (χ1n) is 3.63. The maximum absolute atomic E-state index is 9.27. The Hall–Kier alpha value is -0.340. The standard InChI is InChI=1S/C8H16O2/c1-3-7(2)8(10)5-4-6-9/h3,7-10H,1,4-6H2,2H3/t7-,8-/m1/s1. The maximum Gasteiger partial charge on any atom is 0.0600 e. The van der Waals surface area contributed by atoms with Crippen LogP contribution in [0.25, 0.3) is 0 Å². The quantitative estimate of drug-likeness (QED) is 0.564. The molecule has 0 aliphatic heterocycles. The first-order valence-corrected chi connectivity index (χ1v) is 3.63. The Kier molecular flexibility index (Phi) is 5.26. The minimum atomic E-state index is -0.343. The predicted octanol–water partition coefficient (Wildman–Crippen LogP) is 0.942. The zero-order valence-corrected chi connectivity index (χ0v) is 6.45. The predicted molar refractivity (Wildman–Crippen MR) is 41.7 cm³/mol. The number of rotatable bonds is 5. The molecule has 0 aromatic rings. The first-order chi connectivity index (χ1) is 4.72. The smallest absolute Gasteiger partial charge is 0.0600 e. The average molecular weight is 144 g/mol. The topological polar surface area (TPSA) is 40.5 Å². The summed E-state index contributed by atoms with van der Waals surface area (Å²) in [6.07, 6.45) is 2.70. The highest BCUT2D eigenvalue weighted by atomic mass is 16.3. The van der Waals surface area contributed by atoms with Gasteiger partial charge in [0.05, 0.1) is 6.10 Å². The Morgan fingerprint density at radius 2 is 2.20 bits per heavy atom. The summed E-state index contributed by atoms with van der Waals surface area (Å²) in [5.74, 6) is 0.131. The summed E-state index contributed by atoms with van der Waals surface area (Å²) in [7, 11) is 0. The maximum atomic E-state index is 9.27. The molecule has 0 unspecified atom stereocenters. The lowest BCUT2D eigenvalue weighted by molar-refractivity contribution is 0.117. The molecule has 0 fully saturated rings. The highest BCUT2D eigenvalue weighted by Crippen LogP contribution is 2.08. The molecule has 0 aromatic carbocycles. The summed E-state index contributed by atoms with van der Waals surface area (Å²) in [5.41, 5.74) is 0. The molecular formula is C8H16O2. The highest BCUT2D eigenvalue weighted by molar-refractivity contribution is 4.80. The molecule has 0 bridgehead atoms. The fourth-order valence-corrected chi connectivity index (χ4v) is 0.720. The van der Waals surface area contributed by atoms with Gasteiger partial charge >= 0.3 is 0 Å². The van der Waals surface area contributed by atoms with Gasteiger partial charge in [0.1, 0.15) is 0 Å². The molecule has 0 aliphatic carbocycles. The third kappa shape index (κ3) is 3.64. The summed E-state index contributed by atoms with van der Waals surface area (Å²) in [5, 5.41) is 17.7. The molecular weight excluding hydrogens is 128 g/mol. The third-order valence-corrected chi connectivity index (χ3v) is 1.64. The van der Waals surface area contributed by atoms with Crippen LogP contribution in [-0.2, 0) is 0 Å². The molecule has 0 spiro atoms. The van der Waals surface area contributed by atoms with Gasteiger partial charge in [-0.1, -0.05) is 13.0 Å². The van der Waals surface area contributed by atoms with Crippen molar-refractivity contribution in [3.8, 4) is 0 Å². The van der Waals surface area contributed by atoms with E-state index in [0.717, 1.165) is 0 Å². The fraction of sp³-hybridized carbons (Fsp3) is 0.750. The molecule has 2 atom stereocenters. The van der Waals surface area contributed by atoms with Crippen LogP contribution in [0.5, 0.6) is 0 Å². The molecule has 0 saturated carbocycles. The molecule has 10 heavy (non-hydrogen) atoms. The van der Waals surface area contributed by atoms with Crippen molar-refractivity contribution < 1.29 is 10.2 Å². The molecule has 0 heterocycles. The summed E-state index contributed by atoms with van der Waals surface area (Å²) in [6, 6.07) is 0. The van der Waals surface area contributed by atoms with E-state index in [1.54, 1.807) is 6.08 Å². The van der Waals surface area contributed by atoms with Gasteiger partial charge < -0.3 is 10.2 Å². The Labute approximate surface area is 62.2 Å². The van der Waals surface area contributed by atoms with Gasteiger partial charge in [0.15, 0.2) is 0 Å². The first kappa shape index (κ1) is 9.66. The van der Waals surface area contributed by atoms with Crippen LogP contribution in [-0.4, -0.2) is 22.9 Å². The molecule has 0 rings (SSSR count). The van der Waals surface area contributed by atoms with Crippen LogP contribution in [0.1, 0.15) is 19.8 Å². The molecule has 0 radical (unpaired) electrons. The number of hydrogen-bond donors (Lipinski definition) is 2. The zero-order chi connectivity index (χ0) is 7.98. The third-order valence-electron chi connectivity index (χ3n) is 1.64. The van der Waals surface area contributed by atoms with Crippen LogP contribution in [0.2, 0.25) is 0 Å². The van der Waals surface area contributed by atoms with E-state index in [1.165, 1.54) is 0 Å². The van der Waals surface area contributed by atoms with Gasteiger partial charge in [-0.2, -0.15) is 0 Å². The SMILES string of the molecule is C=C[C@@H](C)[C@H](O)CCCO. The van der Waals surface area contributed by atoms with E-state index in [0.29, 0.717) is 12.8 Å². The van der Waals surface area contributed by atoms with E-state index in [2.05, 4.69) is 6.58 Å². The van der Waals surface area contributed by atoms with Crippen molar-refractivity contribution in [3.05, 3.63) is 12.7 Å². The minimum Gasteiger partial charge on any atom is -0.396 e. The van der Waals surface area contributed by atoms with Gasteiger partial charge in [-0.15, -0.1) is 6.58 Å². The summed E-state index contributed by atoms with van der Waals surface area (Å²) < 4.78 is 0. The van der Waals surface area contributed by atoms with Crippen LogP contribution < -0.4 is 0 Å². The van der Waals surface area contributed by atoms with Gasteiger partial charge in [-0.05, 0) is 18.8 Å². The second kappa shape index (κ2) is 5.45. The van der Waals surface area contributed by atoms with E-state index >= 15 is 0 Å². The molecule has 0 aromatic heterocycles. The number of aliphatic hydroxyl groups is 2. The van der Waals surface area contributed by atoms with Crippen molar-refractivity contribution in [1.82, 2.24) is 0 Å². The van der Waals surface area contributed by atoms with Crippen LogP contribution in [0, 0.1) is 5.92 Å². The van der Waals surface area contributed by atoms with Crippen LogP contribution in [0.3, 0.4) is 0 Å². The summed E-state index contributed by atoms with van der Waals surface area (Å²) >= 11 is 0. The highest BCUT2D eigenvalue weighted by Gasteiger charge is 2.08. The fourth-order valence-electron chi connectivity index (χ4n) is 0.720. The molecule has 2 heteroatoms. The lowest BCUT2D eigenvalue weighted by Gasteiger charge is -2.13. The van der Waals surface area contributed by atoms with E-state index in [1.807, 2.05) is 6.92 Å². The van der Waals surface area contributed by atoms with Gasteiger partial charge in [0, 0.05) is 6.61 Å². The van der Waals surface area contributed by atoms with E-state index in [4.69, 9.17) is 5.11 Å². The monoisotopic (exact) mass is 144 g/mol. The second-order valence-corrected chi connectivity index (χ2v) is 2.53. The van der Waals surface area contributed by atoms with Crippen LogP contribution >= 0.6 is 0 Å². The lowest BCUT2D eigenvalue weighted by atomic mass is 10.0. The normalized spacial score (nSPS) is 16.3. The molecule has 2 nitrogen and oxygen atoms in total. The van der Waals surface area contributed by atoms with Crippen molar-refractivity contribution in [1.29, 1.82) is 0 Å². The van der Waals surface area contributed by atoms with Gasteiger partial charge in [-0.25, -0.2) is 0 Å². The van der Waals surface area contributed by atoms with E-state index in [9.17, 15) is 5.11 Å². The number of aliphatic hydroxyl groups excluding tert-OH is 2. The molecule has 0 saturated heterocycles. The van der Waals surface area contributed by atoms with Crippen LogP contribution in [0.15, 0.2) is 12.7 Å². The van der Waals surface area contributed by atoms with Crippen LogP contribution in [0.4, 0.5) is 0 Å². The van der Waals surface area contributed by atoms with Crippen molar-refractivity contribution in [2.24, 2.45) is 5.92 Å². The van der Waals surface area contributed by atoms with E-state index < -0.39 is 0 Å². The van der Waals surface area contributed by atoms with Crippen molar-refractivity contribution in [2.45, 2.75) is 25.9 Å². The molecule has 2 N–H and O–H groups in total. The van der Waals surface area contributed by atoms with Crippen molar-refractivity contribution >= 4 is 0 Å². The van der Waals surface area contributed by atoms with Crippen molar-refractivity contribution in [3.63, 3.8) is 0 Å². The second-order valence-electron chi connectivity index (χ2n) is 2.53. The summed E-state index contributed by atoms with van der Waals surface area (Å²) in [6.45, 7) is 5.63. The Morgan fingerprint density at radius 3 is 2.60 bits per heavy atom. The Bertz CT molecular complexity index is 91.3. The van der Waals surface area contributed by atoms with Crippen molar-refractivity contribution in [2.75, 3.05) is 6.61 Å². The molecule has 60 valence electrons. The average Bonchev–Trinajstić information content (AvgIpc) is 1.98. The Morgan fingerprint density at radius 1 is 1.60 bits per heavy atom. The van der Waals surface area contributed by atoms with Gasteiger partial charge in [0.2, 0.25) is 0 Å². The lowest BCUT2D eigenvalue weighted by Crippen LogP contribution is -2.15. The number of hydrogen-bond acceptors (Lipinski definition) is 2. The largest absolute Gasteiger partial charge is 0.396 e.